The highest BCUT2D eigenvalue weighted by Gasteiger charge is 2.11. The molecule has 1 unspecified atom stereocenters. The highest BCUT2D eigenvalue weighted by atomic mass is 28.3. The summed E-state index contributed by atoms with van der Waals surface area (Å²) in [7, 11) is 1.56. The van der Waals surface area contributed by atoms with Crippen LogP contribution in [0.4, 0.5) is 0 Å². The van der Waals surface area contributed by atoms with Crippen molar-refractivity contribution in [2.24, 2.45) is 0 Å². The maximum Gasteiger partial charge on any atom is 0.111 e. The first-order chi connectivity index (χ1) is 4.72. The van der Waals surface area contributed by atoms with Crippen LogP contribution in [0.15, 0.2) is 0 Å². The first kappa shape index (κ1) is 10.2. The Hall–Kier alpha value is 0.177. The molecule has 0 heterocycles. The van der Waals surface area contributed by atoms with E-state index in [2.05, 4.69) is 32.8 Å². The van der Waals surface area contributed by atoms with Gasteiger partial charge in [-0.3, -0.25) is 0 Å². The zero-order valence-electron chi connectivity index (χ0n) is 7.78. The maximum absolute atomic E-state index is 3.48. The predicted molar refractivity (Wildman–Crippen MR) is 51.0 cm³/mol. The molecule has 0 aromatic heterocycles. The van der Waals surface area contributed by atoms with Gasteiger partial charge in [-0.1, -0.05) is 33.6 Å². The molecule has 1 nitrogen and oxygen atoms in total. The Morgan fingerprint density at radius 1 is 1.40 bits per heavy atom. The fraction of sp³-hybridized carbons (Fsp3) is 1.00. The van der Waals surface area contributed by atoms with Crippen LogP contribution < -0.4 is 4.98 Å². The second-order valence-electron chi connectivity index (χ2n) is 3.28. The highest BCUT2D eigenvalue weighted by Crippen LogP contribution is 2.11. The lowest BCUT2D eigenvalue weighted by Gasteiger charge is -2.17. The minimum atomic E-state index is -0.554. The summed E-state index contributed by atoms with van der Waals surface area (Å²) < 4.78 is 0. The van der Waals surface area contributed by atoms with Gasteiger partial charge in [-0.15, -0.1) is 0 Å². The molecule has 1 N–H and O–H groups in total. The molecular formula is C8H21NSi. The van der Waals surface area contributed by atoms with E-state index in [-0.39, 0.29) is 0 Å². The molecule has 1 atom stereocenters. The Morgan fingerprint density at radius 3 is 2.30 bits per heavy atom. The molecule has 0 aliphatic rings. The van der Waals surface area contributed by atoms with Gasteiger partial charge in [0, 0.05) is 0 Å². The molecule has 0 fully saturated rings. The van der Waals surface area contributed by atoms with Gasteiger partial charge in [0.15, 0.2) is 0 Å². The maximum atomic E-state index is 3.48. The van der Waals surface area contributed by atoms with Crippen molar-refractivity contribution in [3.63, 3.8) is 0 Å². The van der Waals surface area contributed by atoms with Crippen molar-refractivity contribution in [2.75, 3.05) is 7.05 Å². The zero-order valence-corrected chi connectivity index (χ0v) is 8.93. The van der Waals surface area contributed by atoms with Crippen molar-refractivity contribution in [1.82, 2.24) is 4.98 Å². The highest BCUT2D eigenvalue weighted by molar-refractivity contribution is 6.57. The van der Waals surface area contributed by atoms with Crippen LogP contribution in [0.1, 0.15) is 33.6 Å². The minimum Gasteiger partial charge on any atom is -0.342 e. The van der Waals surface area contributed by atoms with Gasteiger partial charge in [-0.05, 0) is 18.6 Å². The van der Waals surface area contributed by atoms with Gasteiger partial charge in [-0.25, -0.2) is 0 Å². The molecule has 0 aromatic carbocycles. The summed E-state index contributed by atoms with van der Waals surface area (Å²) in [6.45, 7) is 6.94. The molecule has 0 bridgehead atoms. The van der Waals surface area contributed by atoms with Crippen LogP contribution in [0.5, 0.6) is 0 Å². The third kappa shape index (κ3) is 4.07. The average molecular weight is 159 g/mol. The van der Waals surface area contributed by atoms with E-state index in [1.165, 1.54) is 18.9 Å². The summed E-state index contributed by atoms with van der Waals surface area (Å²) in [6.07, 6.45) is 2.76. The molecule has 0 aromatic rings. The van der Waals surface area contributed by atoms with Crippen molar-refractivity contribution >= 4 is 8.96 Å². The van der Waals surface area contributed by atoms with Gasteiger partial charge in [0.05, 0.1) is 0 Å². The van der Waals surface area contributed by atoms with Gasteiger partial charge in [0.25, 0.3) is 0 Å². The number of hydrogen-bond donors (Lipinski definition) is 1. The Labute approximate surface area is 66.9 Å². The number of hydrogen-bond acceptors (Lipinski definition) is 1. The standard InChI is InChI=1S/C8H21NSi/c1-5-6-7-10(9-4)8(2)3/h8-10H,5-7H2,1-4H3. The van der Waals surface area contributed by atoms with Gasteiger partial charge in [-0.2, -0.15) is 0 Å². The van der Waals surface area contributed by atoms with Gasteiger partial charge < -0.3 is 4.98 Å². The Morgan fingerprint density at radius 2 is 2.00 bits per heavy atom. The average Bonchev–Trinajstić information content (AvgIpc) is 1.89. The molecule has 0 radical (unpaired) electrons. The number of unbranched alkanes of at least 4 members (excludes halogenated alkanes) is 1. The van der Waals surface area contributed by atoms with E-state index >= 15 is 0 Å². The van der Waals surface area contributed by atoms with Gasteiger partial charge in [0.2, 0.25) is 0 Å². The minimum absolute atomic E-state index is 0.554. The van der Waals surface area contributed by atoms with Crippen molar-refractivity contribution in [2.45, 2.75) is 45.2 Å². The predicted octanol–water partition coefficient (Wildman–Crippen LogP) is 2.14. The molecule has 0 spiro atoms. The van der Waals surface area contributed by atoms with Crippen molar-refractivity contribution < 1.29 is 0 Å². The molecular weight excluding hydrogens is 138 g/mol. The third-order valence-corrected chi connectivity index (χ3v) is 5.43. The molecule has 0 saturated heterocycles. The van der Waals surface area contributed by atoms with Crippen molar-refractivity contribution in [1.29, 1.82) is 0 Å². The second-order valence-corrected chi connectivity index (χ2v) is 6.98. The monoisotopic (exact) mass is 159 g/mol. The molecule has 0 aliphatic heterocycles. The lowest BCUT2D eigenvalue weighted by atomic mass is 10.4. The molecule has 0 saturated carbocycles. The fourth-order valence-electron chi connectivity index (χ4n) is 1.24. The van der Waals surface area contributed by atoms with E-state index in [0.717, 1.165) is 5.54 Å². The number of nitrogens with one attached hydrogen (secondary N) is 1. The zero-order chi connectivity index (χ0) is 7.98. The Kier molecular flexibility index (Phi) is 6.03. The van der Waals surface area contributed by atoms with Crippen LogP contribution in [0.2, 0.25) is 11.6 Å². The molecule has 0 amide bonds. The Bertz CT molecular complexity index is 73.7. The van der Waals surface area contributed by atoms with Crippen molar-refractivity contribution in [3.05, 3.63) is 0 Å². The molecule has 62 valence electrons. The lowest BCUT2D eigenvalue weighted by molar-refractivity contribution is 0.841. The molecule has 2 heteroatoms. The van der Waals surface area contributed by atoms with Crippen LogP contribution in [-0.4, -0.2) is 16.0 Å². The van der Waals surface area contributed by atoms with Crippen LogP contribution in [0.25, 0.3) is 0 Å². The summed E-state index contributed by atoms with van der Waals surface area (Å²) in [5.41, 5.74) is 0.913. The van der Waals surface area contributed by atoms with E-state index in [1.54, 1.807) is 0 Å². The SMILES string of the molecule is CCCC[SiH](NC)C(C)C. The molecule has 0 aliphatic carbocycles. The normalized spacial score (nSPS) is 14.1. The molecule has 0 rings (SSSR count). The van der Waals surface area contributed by atoms with Crippen LogP contribution in [-0.2, 0) is 0 Å². The van der Waals surface area contributed by atoms with E-state index in [9.17, 15) is 0 Å². The van der Waals surface area contributed by atoms with E-state index in [1.807, 2.05) is 0 Å². The lowest BCUT2D eigenvalue weighted by Crippen LogP contribution is -2.32. The summed E-state index contributed by atoms with van der Waals surface area (Å²) in [5.74, 6) is 0. The topological polar surface area (TPSA) is 12.0 Å². The van der Waals surface area contributed by atoms with E-state index < -0.39 is 8.96 Å². The van der Waals surface area contributed by atoms with E-state index in [4.69, 9.17) is 0 Å². The summed E-state index contributed by atoms with van der Waals surface area (Å²) in [5, 5.41) is 0. The van der Waals surface area contributed by atoms with Crippen LogP contribution >= 0.6 is 0 Å². The fourth-order valence-corrected chi connectivity index (χ4v) is 3.71. The van der Waals surface area contributed by atoms with Gasteiger partial charge >= 0.3 is 0 Å². The number of rotatable bonds is 5. The quantitative estimate of drug-likeness (QED) is 0.606. The first-order valence-corrected chi connectivity index (χ1v) is 6.45. The molecule has 10 heavy (non-hydrogen) atoms. The smallest absolute Gasteiger partial charge is 0.111 e. The van der Waals surface area contributed by atoms with Crippen LogP contribution in [0, 0.1) is 0 Å². The summed E-state index contributed by atoms with van der Waals surface area (Å²) in [4.78, 5) is 3.48. The first-order valence-electron chi connectivity index (χ1n) is 4.39. The van der Waals surface area contributed by atoms with Gasteiger partial charge in [0.1, 0.15) is 8.96 Å². The third-order valence-electron chi connectivity index (χ3n) is 2.04. The second kappa shape index (κ2) is 5.92. The largest absolute Gasteiger partial charge is 0.342 e. The van der Waals surface area contributed by atoms with Crippen molar-refractivity contribution in [3.8, 4) is 0 Å². The summed E-state index contributed by atoms with van der Waals surface area (Å²) >= 11 is 0. The van der Waals surface area contributed by atoms with E-state index in [0.29, 0.717) is 0 Å². The van der Waals surface area contributed by atoms with Crippen LogP contribution in [0.3, 0.4) is 0 Å². The Balaban J connectivity index is 3.40. The summed E-state index contributed by atoms with van der Waals surface area (Å²) in [6, 6.07) is 1.46.